The molecule has 2 heterocycles. The van der Waals surface area contributed by atoms with E-state index in [2.05, 4.69) is 0 Å². The molecule has 0 unspecified atom stereocenters. The third kappa shape index (κ3) is 3.14. The topological polar surface area (TPSA) is 63.7 Å². The summed E-state index contributed by atoms with van der Waals surface area (Å²) in [4.78, 5) is 43.2. The standard InChI is InChI=1S/C33H25NO4/c1-18-12-15-26(19(2)16-18)34-31(35)27-24(20-8-4-3-5-9-20)17-25-23-14-13-21-10-6-7-11-22(21)30(23)38-33(37)28(25)29(27)32(34)36/h3-17,24,27-29H,1-2H3/t24-,27+,28+,29-/m0/s1. The summed E-state index contributed by atoms with van der Waals surface area (Å²) in [5.74, 6) is -3.33. The molecule has 38 heavy (non-hydrogen) atoms. The summed E-state index contributed by atoms with van der Waals surface area (Å²) < 4.78 is 5.97. The van der Waals surface area contributed by atoms with Gasteiger partial charge in [0.15, 0.2) is 0 Å². The van der Waals surface area contributed by atoms with Gasteiger partial charge in [-0.3, -0.25) is 14.4 Å². The number of rotatable bonds is 2. The molecular weight excluding hydrogens is 474 g/mol. The van der Waals surface area contributed by atoms with Crippen molar-refractivity contribution in [3.63, 3.8) is 0 Å². The van der Waals surface area contributed by atoms with Crippen LogP contribution < -0.4 is 9.64 Å². The second-order valence-corrected chi connectivity index (χ2v) is 10.5. The number of amides is 2. The van der Waals surface area contributed by atoms with Crippen molar-refractivity contribution in [1.29, 1.82) is 0 Å². The zero-order valence-corrected chi connectivity index (χ0v) is 21.0. The lowest BCUT2D eigenvalue weighted by atomic mass is 9.64. The van der Waals surface area contributed by atoms with E-state index in [4.69, 9.17) is 4.74 Å². The Morgan fingerprint density at radius 1 is 0.763 bits per heavy atom. The van der Waals surface area contributed by atoms with Gasteiger partial charge in [0.05, 0.1) is 23.4 Å². The van der Waals surface area contributed by atoms with Gasteiger partial charge in [-0.05, 0) is 42.0 Å². The Labute approximate surface area is 220 Å². The molecule has 3 aliphatic rings. The molecule has 0 bridgehead atoms. The molecule has 0 radical (unpaired) electrons. The molecule has 1 fully saturated rings. The minimum absolute atomic E-state index is 0.270. The summed E-state index contributed by atoms with van der Waals surface area (Å²) >= 11 is 0. The Morgan fingerprint density at radius 3 is 2.29 bits per heavy atom. The Hall–Kier alpha value is -4.51. The number of ether oxygens (including phenoxy) is 1. The highest BCUT2D eigenvalue weighted by Gasteiger charge is 2.60. The first kappa shape index (κ1) is 22.7. The number of esters is 1. The molecule has 0 spiro atoms. The van der Waals surface area contributed by atoms with Crippen molar-refractivity contribution in [3.05, 3.63) is 113 Å². The summed E-state index contributed by atoms with van der Waals surface area (Å²) in [6.45, 7) is 3.88. The molecule has 0 aromatic heterocycles. The number of hydrogen-bond acceptors (Lipinski definition) is 4. The monoisotopic (exact) mass is 499 g/mol. The molecule has 2 amide bonds. The fourth-order valence-electron chi connectivity index (χ4n) is 6.58. The van der Waals surface area contributed by atoms with Gasteiger partial charge in [0.25, 0.3) is 0 Å². The van der Waals surface area contributed by atoms with Crippen molar-refractivity contribution in [2.45, 2.75) is 19.8 Å². The maximum Gasteiger partial charge on any atom is 0.319 e. The van der Waals surface area contributed by atoms with Crippen LogP contribution in [-0.2, 0) is 14.4 Å². The highest BCUT2D eigenvalue weighted by atomic mass is 16.5. The maximum atomic E-state index is 14.2. The van der Waals surface area contributed by atoms with E-state index in [0.29, 0.717) is 11.4 Å². The third-order valence-corrected chi connectivity index (χ3v) is 8.26. The van der Waals surface area contributed by atoms with E-state index in [0.717, 1.165) is 38.6 Å². The molecule has 0 saturated carbocycles. The van der Waals surface area contributed by atoms with Crippen molar-refractivity contribution in [1.82, 2.24) is 0 Å². The highest BCUT2D eigenvalue weighted by molar-refractivity contribution is 6.25. The van der Waals surface area contributed by atoms with Crippen molar-refractivity contribution >= 4 is 39.8 Å². The molecule has 5 nitrogen and oxygen atoms in total. The molecule has 4 aromatic rings. The molecular formula is C33H25NO4. The van der Waals surface area contributed by atoms with Crippen LogP contribution in [0.1, 0.15) is 28.2 Å². The van der Waals surface area contributed by atoms with Gasteiger partial charge >= 0.3 is 5.97 Å². The van der Waals surface area contributed by atoms with Crippen LogP contribution in [0.5, 0.6) is 5.75 Å². The Balaban J connectivity index is 1.45. The quantitative estimate of drug-likeness (QED) is 0.193. The lowest BCUT2D eigenvalue weighted by Gasteiger charge is -2.38. The summed E-state index contributed by atoms with van der Waals surface area (Å²) in [7, 11) is 0. The number of fused-ring (bicyclic) bond motifs is 7. The molecule has 0 N–H and O–H groups in total. The molecule has 2 aliphatic heterocycles. The molecule has 4 aromatic carbocycles. The number of carbonyl (C=O) groups is 3. The minimum atomic E-state index is -0.847. The Morgan fingerprint density at radius 2 is 1.50 bits per heavy atom. The zero-order chi connectivity index (χ0) is 26.1. The molecule has 7 rings (SSSR count). The van der Waals surface area contributed by atoms with Crippen LogP contribution in [-0.4, -0.2) is 17.8 Å². The number of anilines is 1. The second kappa shape index (κ2) is 8.25. The fraction of sp³-hybridized carbons (Fsp3) is 0.182. The Kier molecular flexibility index (Phi) is 4.92. The minimum Gasteiger partial charge on any atom is -0.425 e. The van der Waals surface area contributed by atoms with Gasteiger partial charge in [-0.2, -0.15) is 0 Å². The van der Waals surface area contributed by atoms with Crippen LogP contribution in [0.2, 0.25) is 0 Å². The summed E-state index contributed by atoms with van der Waals surface area (Å²) in [5, 5.41) is 1.82. The average molecular weight is 500 g/mol. The van der Waals surface area contributed by atoms with Gasteiger partial charge in [0, 0.05) is 16.9 Å². The number of benzene rings is 4. The maximum absolute atomic E-state index is 14.2. The second-order valence-electron chi connectivity index (χ2n) is 10.5. The Bertz CT molecular complexity index is 1700. The van der Waals surface area contributed by atoms with Gasteiger partial charge in [0.2, 0.25) is 11.8 Å². The fourth-order valence-corrected chi connectivity index (χ4v) is 6.58. The summed E-state index contributed by atoms with van der Waals surface area (Å²) in [6, 6.07) is 27.2. The SMILES string of the molecule is Cc1ccc(N2C(=O)[C@@H]3[C@@H]4C(=O)Oc5c(ccc6ccccc56)C4=C[C@@H](c4ccccc4)[C@H]3C2=O)c(C)c1. The lowest BCUT2D eigenvalue weighted by molar-refractivity contribution is -0.142. The average Bonchev–Trinajstić information content (AvgIpc) is 3.18. The first-order chi connectivity index (χ1) is 18.4. The van der Waals surface area contributed by atoms with Crippen LogP contribution in [0.4, 0.5) is 5.69 Å². The predicted molar refractivity (Wildman–Crippen MR) is 146 cm³/mol. The molecule has 1 saturated heterocycles. The van der Waals surface area contributed by atoms with Gasteiger partial charge in [0.1, 0.15) is 5.75 Å². The van der Waals surface area contributed by atoms with E-state index in [-0.39, 0.29) is 17.7 Å². The van der Waals surface area contributed by atoms with Crippen molar-refractivity contribution in [2.24, 2.45) is 17.8 Å². The van der Waals surface area contributed by atoms with Crippen molar-refractivity contribution < 1.29 is 19.1 Å². The van der Waals surface area contributed by atoms with E-state index in [1.54, 1.807) is 0 Å². The third-order valence-electron chi connectivity index (χ3n) is 8.26. The highest BCUT2D eigenvalue weighted by Crippen LogP contribution is 2.55. The number of allylic oxidation sites excluding steroid dienone is 1. The van der Waals surface area contributed by atoms with Gasteiger partial charge < -0.3 is 4.74 Å². The van der Waals surface area contributed by atoms with Gasteiger partial charge in [-0.1, -0.05) is 90.5 Å². The van der Waals surface area contributed by atoms with Crippen molar-refractivity contribution in [3.8, 4) is 5.75 Å². The van der Waals surface area contributed by atoms with Crippen LogP contribution >= 0.6 is 0 Å². The van der Waals surface area contributed by atoms with Crippen LogP contribution in [0.15, 0.2) is 91.0 Å². The normalized spacial score (nSPS) is 24.0. The van der Waals surface area contributed by atoms with Crippen LogP contribution in [0.3, 0.4) is 0 Å². The number of carbonyl (C=O) groups excluding carboxylic acids is 3. The first-order valence-corrected chi connectivity index (χ1v) is 12.9. The smallest absolute Gasteiger partial charge is 0.319 e. The number of aryl methyl sites for hydroxylation is 2. The molecule has 1 aliphatic carbocycles. The number of nitrogens with zero attached hydrogens (tertiary/aromatic N) is 1. The predicted octanol–water partition coefficient (Wildman–Crippen LogP) is 5.98. The van der Waals surface area contributed by atoms with Gasteiger partial charge in [-0.25, -0.2) is 4.90 Å². The summed E-state index contributed by atoms with van der Waals surface area (Å²) in [6.07, 6.45) is 2.03. The zero-order valence-electron chi connectivity index (χ0n) is 21.0. The largest absolute Gasteiger partial charge is 0.425 e. The molecule has 5 heteroatoms. The van der Waals surface area contributed by atoms with Crippen LogP contribution in [0, 0.1) is 31.6 Å². The van der Waals surface area contributed by atoms with Crippen LogP contribution in [0.25, 0.3) is 16.3 Å². The number of imide groups is 1. The van der Waals surface area contributed by atoms with E-state index in [1.165, 1.54) is 4.90 Å². The van der Waals surface area contributed by atoms with E-state index in [1.807, 2.05) is 105 Å². The van der Waals surface area contributed by atoms with E-state index in [9.17, 15) is 14.4 Å². The lowest BCUT2D eigenvalue weighted by Crippen LogP contribution is -2.42. The molecule has 4 atom stereocenters. The van der Waals surface area contributed by atoms with E-state index >= 15 is 0 Å². The van der Waals surface area contributed by atoms with Gasteiger partial charge in [-0.15, -0.1) is 0 Å². The number of hydrogen-bond donors (Lipinski definition) is 0. The van der Waals surface area contributed by atoms with E-state index < -0.39 is 23.7 Å². The summed E-state index contributed by atoms with van der Waals surface area (Å²) in [5.41, 5.74) is 4.98. The van der Waals surface area contributed by atoms with Crippen molar-refractivity contribution in [2.75, 3.05) is 4.90 Å². The first-order valence-electron chi connectivity index (χ1n) is 12.9. The molecule has 186 valence electrons.